The van der Waals surface area contributed by atoms with Crippen LogP contribution in [0.4, 0.5) is 10.2 Å². The smallest absolute Gasteiger partial charge is 0.257 e. The van der Waals surface area contributed by atoms with E-state index in [4.69, 9.17) is 0 Å². The summed E-state index contributed by atoms with van der Waals surface area (Å²) in [6.45, 7) is 5.86. The maximum absolute atomic E-state index is 12.4. The first kappa shape index (κ1) is 21.3. The zero-order valence-corrected chi connectivity index (χ0v) is 17.8. The van der Waals surface area contributed by atoms with E-state index >= 15 is 0 Å². The predicted octanol–water partition coefficient (Wildman–Crippen LogP) is 2.95. The van der Waals surface area contributed by atoms with Crippen LogP contribution >= 0.6 is 0 Å². The van der Waals surface area contributed by atoms with Gasteiger partial charge in [0.15, 0.2) is 11.5 Å². The summed E-state index contributed by atoms with van der Waals surface area (Å²) in [7, 11) is 0. The van der Waals surface area contributed by atoms with Crippen molar-refractivity contribution in [3.8, 4) is 11.5 Å². The first-order chi connectivity index (χ1) is 15.3. The van der Waals surface area contributed by atoms with Crippen LogP contribution in [0.25, 0.3) is 17.2 Å². The molecule has 4 aromatic rings. The molecule has 0 radical (unpaired) electrons. The van der Waals surface area contributed by atoms with Crippen molar-refractivity contribution in [3.63, 3.8) is 0 Å². The van der Waals surface area contributed by atoms with Crippen LogP contribution in [0.2, 0.25) is 0 Å². The Hall–Kier alpha value is -3.95. The molecule has 0 bridgehead atoms. The van der Waals surface area contributed by atoms with E-state index < -0.39 is 5.92 Å². The van der Waals surface area contributed by atoms with Crippen LogP contribution in [0.3, 0.4) is 0 Å². The molecule has 0 aliphatic carbocycles. The Bertz CT molecular complexity index is 1330. The molecule has 0 spiro atoms. The largest absolute Gasteiger partial charge is 0.310 e. The fourth-order valence-corrected chi connectivity index (χ4v) is 3.40. The van der Waals surface area contributed by atoms with Crippen molar-refractivity contribution in [2.24, 2.45) is 5.92 Å². The van der Waals surface area contributed by atoms with E-state index in [0.717, 1.165) is 12.1 Å². The lowest BCUT2D eigenvalue weighted by Crippen LogP contribution is -2.16. The Labute approximate surface area is 182 Å². The average molecular weight is 435 g/mol. The molecule has 2 N–H and O–H groups in total. The van der Waals surface area contributed by atoms with Gasteiger partial charge in [0.05, 0.1) is 23.4 Å². The molecule has 5 rings (SSSR count). The molecule has 4 heterocycles. The molecule has 1 aliphatic heterocycles. The molecule has 1 aromatic carbocycles. The third kappa shape index (κ3) is 4.25. The number of halogens is 1. The second-order valence-electron chi connectivity index (χ2n) is 7.88. The molecule has 1 atom stereocenters. The van der Waals surface area contributed by atoms with Gasteiger partial charge in [0.1, 0.15) is 23.7 Å². The van der Waals surface area contributed by atoms with Crippen molar-refractivity contribution >= 4 is 17.4 Å². The number of hydrogen-bond acceptors (Lipinski definition) is 6. The topological polar surface area (TPSA) is 118 Å². The monoisotopic (exact) mass is 435 g/mol. The molecule has 10 heteroatoms. The van der Waals surface area contributed by atoms with Gasteiger partial charge in [0.2, 0.25) is 5.91 Å². The Morgan fingerprint density at radius 2 is 1.91 bits per heavy atom. The summed E-state index contributed by atoms with van der Waals surface area (Å²) in [6, 6.07) is 7.94. The van der Waals surface area contributed by atoms with Crippen LogP contribution < -0.4 is 10.9 Å². The number of carbonyl (C=O) groups excluding carboxylic acids is 1. The Morgan fingerprint density at radius 1 is 1.16 bits per heavy atom. The zero-order valence-electron chi connectivity index (χ0n) is 17.8. The van der Waals surface area contributed by atoms with Crippen molar-refractivity contribution < 1.29 is 9.18 Å². The number of rotatable bonds is 3. The molecule has 164 valence electrons. The van der Waals surface area contributed by atoms with Crippen molar-refractivity contribution in [2.75, 3.05) is 5.32 Å². The number of nitrogens with one attached hydrogen (secondary N) is 2. The maximum atomic E-state index is 12.4. The van der Waals surface area contributed by atoms with Gasteiger partial charge in [-0.25, -0.2) is 23.9 Å². The van der Waals surface area contributed by atoms with E-state index in [0.29, 0.717) is 34.5 Å². The van der Waals surface area contributed by atoms with E-state index in [9.17, 15) is 14.0 Å². The fraction of sp³-hybridized carbons (Fsp3) is 0.273. The van der Waals surface area contributed by atoms with Crippen LogP contribution in [0.15, 0.2) is 47.7 Å². The van der Waals surface area contributed by atoms with Crippen LogP contribution in [-0.2, 0) is 11.2 Å². The lowest BCUT2D eigenvalue weighted by molar-refractivity contribution is -0.116. The van der Waals surface area contributed by atoms with Crippen LogP contribution in [0.5, 0.6) is 0 Å². The summed E-state index contributed by atoms with van der Waals surface area (Å²) >= 11 is 0. The number of benzene rings is 1. The molecule has 0 saturated carbocycles. The number of aromatic nitrogens is 6. The number of fused-ring (bicyclic) bond motifs is 2. The minimum Gasteiger partial charge on any atom is -0.310 e. The molecule has 0 saturated heterocycles. The minimum atomic E-state index is -0.512. The Morgan fingerprint density at radius 3 is 2.56 bits per heavy atom. The number of amides is 1. The third-order valence-electron chi connectivity index (χ3n) is 4.93. The molecule has 1 aliphatic rings. The van der Waals surface area contributed by atoms with Gasteiger partial charge in [-0.1, -0.05) is 32.0 Å². The molecule has 1 amide bonds. The summed E-state index contributed by atoms with van der Waals surface area (Å²) in [5, 5.41) is 6.81. The van der Waals surface area contributed by atoms with Gasteiger partial charge in [0, 0.05) is 0 Å². The molecular weight excluding hydrogens is 413 g/mol. The van der Waals surface area contributed by atoms with E-state index in [1.54, 1.807) is 35.8 Å². The summed E-state index contributed by atoms with van der Waals surface area (Å²) in [5.41, 5.74) is 1.96. The minimum absolute atomic E-state index is 0.178. The molecular formula is C22H22FN7O2. The zero-order chi connectivity index (χ0) is 22.8. The van der Waals surface area contributed by atoms with Gasteiger partial charge in [-0.2, -0.15) is 5.10 Å². The first-order valence-corrected chi connectivity index (χ1v) is 10.2. The number of hydrogen-bond donors (Lipinski definition) is 2. The van der Waals surface area contributed by atoms with Gasteiger partial charge in [-0.3, -0.25) is 9.59 Å². The highest BCUT2D eigenvalue weighted by Crippen LogP contribution is 2.28. The lowest BCUT2D eigenvalue weighted by atomic mass is 10.1. The molecule has 9 nitrogen and oxygen atoms in total. The fourth-order valence-electron chi connectivity index (χ4n) is 3.40. The highest BCUT2D eigenvalue weighted by atomic mass is 19.1. The lowest BCUT2D eigenvalue weighted by Gasteiger charge is -2.09. The van der Waals surface area contributed by atoms with Crippen molar-refractivity contribution in [1.82, 2.24) is 29.5 Å². The Balaban J connectivity index is 0.000000300. The number of carbonyl (C=O) groups is 1. The highest BCUT2D eigenvalue weighted by molar-refractivity contribution is 6.01. The van der Waals surface area contributed by atoms with Crippen molar-refractivity contribution in [3.05, 3.63) is 70.3 Å². The molecule has 0 unspecified atom stereocenters. The quantitative estimate of drug-likeness (QED) is 0.511. The van der Waals surface area contributed by atoms with Crippen LogP contribution in [-0.4, -0.2) is 35.5 Å². The first-order valence-electron chi connectivity index (χ1n) is 10.2. The van der Waals surface area contributed by atoms with E-state index in [1.165, 1.54) is 18.5 Å². The number of H-pyrrole nitrogens is 1. The molecule has 3 aromatic heterocycles. The van der Waals surface area contributed by atoms with Crippen molar-refractivity contribution in [1.29, 1.82) is 0 Å². The summed E-state index contributed by atoms with van der Waals surface area (Å²) in [4.78, 5) is 40.2. The van der Waals surface area contributed by atoms with Gasteiger partial charge >= 0.3 is 0 Å². The number of aromatic amines is 1. The van der Waals surface area contributed by atoms with Crippen LogP contribution in [0, 0.1) is 11.7 Å². The number of anilines is 1. The highest BCUT2D eigenvalue weighted by Gasteiger charge is 2.31. The maximum Gasteiger partial charge on any atom is 0.257 e. The van der Waals surface area contributed by atoms with Crippen molar-refractivity contribution in [2.45, 2.75) is 33.1 Å². The molecule has 0 fully saturated rings. The van der Waals surface area contributed by atoms with E-state index in [2.05, 4.69) is 44.2 Å². The third-order valence-corrected chi connectivity index (χ3v) is 4.93. The Kier molecular flexibility index (Phi) is 5.76. The van der Waals surface area contributed by atoms with Gasteiger partial charge in [-0.05, 0) is 31.4 Å². The van der Waals surface area contributed by atoms with Gasteiger partial charge < -0.3 is 10.3 Å². The summed E-state index contributed by atoms with van der Waals surface area (Å²) in [5.74, 6) is 0.0495. The standard InChI is InChI=1S/C16H17N7O2.C6H5F/c1-7(2)4-9-14-17-6-18-23(14)5-10(19-9)12-20-13-11(16(25)21-12)8(3)15(24)22-13;7-6-4-2-1-3-5-6/h5-8H,4H2,1-3H3,(H2,20,21,22,24,25);1-5H/t8-;/m1./s1. The van der Waals surface area contributed by atoms with Gasteiger partial charge in [0.25, 0.3) is 5.56 Å². The summed E-state index contributed by atoms with van der Waals surface area (Å²) in [6.07, 6.45) is 3.85. The average Bonchev–Trinajstić information content (AvgIpc) is 3.33. The predicted molar refractivity (Wildman–Crippen MR) is 117 cm³/mol. The number of nitrogens with zero attached hydrogens (tertiary/aromatic N) is 5. The second-order valence-corrected chi connectivity index (χ2v) is 7.88. The van der Waals surface area contributed by atoms with Gasteiger partial charge in [-0.15, -0.1) is 0 Å². The second kappa shape index (κ2) is 8.66. The normalized spacial score (nSPS) is 14.8. The van der Waals surface area contributed by atoms with Crippen LogP contribution in [0.1, 0.15) is 37.9 Å². The SMILES string of the molecule is CC(C)Cc1nc(-c2nc3c(c(=O)[nH]2)[C@@H](C)C(=O)N3)cn2ncnc12.Fc1ccccc1. The van der Waals surface area contributed by atoms with E-state index in [-0.39, 0.29) is 17.3 Å². The van der Waals surface area contributed by atoms with E-state index in [1.807, 2.05) is 0 Å². The molecule has 32 heavy (non-hydrogen) atoms. The summed E-state index contributed by atoms with van der Waals surface area (Å²) < 4.78 is 13.5.